The molecule has 0 aliphatic heterocycles. The number of unbranched alkanes of at least 4 members (excludes halogenated alkanes) is 20. The van der Waals surface area contributed by atoms with Gasteiger partial charge in [0.05, 0.1) is 0 Å². The van der Waals surface area contributed by atoms with Crippen LogP contribution in [0.4, 0.5) is 0 Å². The van der Waals surface area contributed by atoms with Gasteiger partial charge in [-0.2, -0.15) is 0 Å². The first-order valence-electron chi connectivity index (χ1n) is 49.4. The molecule has 10 unspecified atom stereocenters. The molecular weight excluding hydrogens is 1230 g/mol. The van der Waals surface area contributed by atoms with Crippen molar-refractivity contribution in [2.75, 3.05) is 0 Å². The maximum Gasteiger partial charge on any atom is 0.0147 e. The standard InChI is InChI=1S/C98H178N4/c1-7-11-15-19-23-29-37-77-49-61-85(62-50-77)99(81-41-33-27-34-42-81)93-73-95(101(83-57-45-75(5)46-58-83)87-65-53-79(54-66-87)39-31-25-21-17-13-9-3)91-72-70-90-94(100(82-43-35-28-36-44-82)86-63-51-78(52-64-86)38-30-24-20-16-12-8-2)74-96(92-71-69-89(93)97(91)98(90)92)102(84-59-47-76(6)48-60-84)88-67-55-80(56-68-88)40-32-26-22-18-14-10-4/h75-98H,7-74H2,1-6H3. The smallest absolute Gasteiger partial charge is 0.0147 e. The van der Waals surface area contributed by atoms with Gasteiger partial charge in [-0.1, -0.05) is 260 Å². The van der Waals surface area contributed by atoms with E-state index in [0.29, 0.717) is 0 Å². The van der Waals surface area contributed by atoms with Crippen LogP contribution < -0.4 is 0 Å². The molecule has 0 aromatic heterocycles. The lowest BCUT2D eigenvalue weighted by Crippen LogP contribution is -2.72. The fraction of sp³-hybridized carbons (Fsp3) is 1.00. The summed E-state index contributed by atoms with van der Waals surface area (Å²) in [5.41, 5.74) is 0. The second-order valence-electron chi connectivity index (χ2n) is 40.8. The van der Waals surface area contributed by atoms with Crippen molar-refractivity contribution in [3.63, 3.8) is 0 Å². The molecule has 0 spiro atoms. The molecule has 12 aliphatic rings. The highest BCUT2D eigenvalue weighted by Gasteiger charge is 2.64. The third-order valence-corrected chi connectivity index (χ3v) is 34.2. The molecule has 102 heavy (non-hydrogen) atoms. The predicted octanol–water partition coefficient (Wildman–Crippen LogP) is 28.8. The zero-order valence-electron chi connectivity index (χ0n) is 69.7. The molecule has 0 heterocycles. The molecule has 0 saturated heterocycles. The summed E-state index contributed by atoms with van der Waals surface area (Å²) in [6.45, 7) is 14.9. The van der Waals surface area contributed by atoms with Crippen molar-refractivity contribution in [3.8, 4) is 0 Å². The molecule has 12 aliphatic carbocycles. The molecule has 0 bridgehead atoms. The van der Waals surface area contributed by atoms with Crippen LogP contribution in [0.25, 0.3) is 0 Å². The lowest BCUT2D eigenvalue weighted by Gasteiger charge is -2.69. The zero-order valence-corrected chi connectivity index (χ0v) is 69.7. The Kier molecular flexibility index (Phi) is 34.8. The van der Waals surface area contributed by atoms with Crippen LogP contribution in [0.1, 0.15) is 478 Å². The van der Waals surface area contributed by atoms with Gasteiger partial charge in [0.1, 0.15) is 0 Å². The molecule has 0 aromatic rings. The van der Waals surface area contributed by atoms with Gasteiger partial charge in [0.2, 0.25) is 0 Å². The average Bonchev–Trinajstić information content (AvgIpc) is 0.701. The largest absolute Gasteiger partial charge is 0.294 e. The van der Waals surface area contributed by atoms with E-state index in [1.807, 2.05) is 0 Å². The van der Waals surface area contributed by atoms with E-state index in [4.69, 9.17) is 0 Å². The molecule has 4 nitrogen and oxygen atoms in total. The van der Waals surface area contributed by atoms with E-state index in [-0.39, 0.29) is 0 Å². The van der Waals surface area contributed by atoms with Crippen molar-refractivity contribution in [2.45, 2.75) is 551 Å². The molecular formula is C98H178N4. The normalized spacial score (nSPS) is 38.3. The van der Waals surface area contributed by atoms with Crippen molar-refractivity contribution < 1.29 is 0 Å². The Labute approximate surface area is 637 Å². The van der Waals surface area contributed by atoms with Crippen molar-refractivity contribution in [3.05, 3.63) is 0 Å². The Morgan fingerprint density at radius 3 is 0.618 bits per heavy atom. The Hall–Kier alpha value is -0.160. The third-order valence-electron chi connectivity index (χ3n) is 34.2. The van der Waals surface area contributed by atoms with Crippen LogP contribution in [0.15, 0.2) is 0 Å². The van der Waals surface area contributed by atoms with Crippen LogP contribution in [-0.2, 0) is 0 Å². The summed E-state index contributed by atoms with van der Waals surface area (Å²) in [6, 6.07) is 10.0. The van der Waals surface area contributed by atoms with Crippen LogP contribution in [0.5, 0.6) is 0 Å². The van der Waals surface area contributed by atoms with E-state index in [1.54, 1.807) is 128 Å². The van der Waals surface area contributed by atoms with Crippen molar-refractivity contribution in [2.24, 2.45) is 71.0 Å². The minimum absolute atomic E-state index is 0.817. The lowest BCUT2D eigenvalue weighted by atomic mass is 9.44. The number of hydrogen-bond acceptors (Lipinski definition) is 4. The molecule has 0 aromatic carbocycles. The monoisotopic (exact) mass is 1410 g/mol. The summed E-state index contributed by atoms with van der Waals surface area (Å²) in [7, 11) is 0. The summed E-state index contributed by atoms with van der Waals surface area (Å²) >= 11 is 0. The van der Waals surface area contributed by atoms with Crippen molar-refractivity contribution >= 4 is 0 Å². The lowest BCUT2D eigenvalue weighted by molar-refractivity contribution is -0.196. The molecule has 0 radical (unpaired) electrons. The quantitative estimate of drug-likeness (QED) is 0.0567. The molecule has 590 valence electrons. The highest BCUT2D eigenvalue weighted by molar-refractivity contribution is 5.17. The van der Waals surface area contributed by atoms with Crippen LogP contribution in [0.3, 0.4) is 0 Å². The van der Waals surface area contributed by atoms with E-state index >= 15 is 0 Å². The van der Waals surface area contributed by atoms with Gasteiger partial charge in [-0.15, -0.1) is 0 Å². The summed E-state index contributed by atoms with van der Waals surface area (Å²) in [6.07, 6.45) is 103. The van der Waals surface area contributed by atoms with E-state index < -0.39 is 0 Å². The summed E-state index contributed by atoms with van der Waals surface area (Å²) < 4.78 is 0. The first kappa shape index (κ1) is 81.3. The zero-order chi connectivity index (χ0) is 70.2. The van der Waals surface area contributed by atoms with Crippen molar-refractivity contribution in [1.29, 1.82) is 0 Å². The van der Waals surface area contributed by atoms with Gasteiger partial charge in [0, 0.05) is 72.5 Å². The second-order valence-corrected chi connectivity index (χ2v) is 40.8. The first-order valence-corrected chi connectivity index (χ1v) is 49.4. The summed E-state index contributed by atoms with van der Waals surface area (Å²) in [5.74, 6) is 11.5. The van der Waals surface area contributed by atoms with Gasteiger partial charge in [0.15, 0.2) is 0 Å². The van der Waals surface area contributed by atoms with E-state index in [9.17, 15) is 0 Å². The van der Waals surface area contributed by atoms with Gasteiger partial charge in [-0.3, -0.25) is 19.6 Å². The van der Waals surface area contributed by atoms with Gasteiger partial charge in [-0.25, -0.2) is 0 Å². The molecule has 10 atom stereocenters. The maximum absolute atomic E-state index is 3.66. The first-order chi connectivity index (χ1) is 50.3. The van der Waals surface area contributed by atoms with Gasteiger partial charge in [0.25, 0.3) is 0 Å². The fourth-order valence-corrected chi connectivity index (χ4v) is 28.7. The van der Waals surface area contributed by atoms with E-state index in [0.717, 1.165) is 144 Å². The summed E-state index contributed by atoms with van der Waals surface area (Å²) in [5, 5.41) is 0. The van der Waals surface area contributed by atoms with Crippen molar-refractivity contribution in [1.82, 2.24) is 19.6 Å². The minimum Gasteiger partial charge on any atom is -0.294 e. The van der Waals surface area contributed by atoms with E-state index in [1.165, 1.54) is 308 Å². The number of hydrogen-bond donors (Lipinski definition) is 0. The topological polar surface area (TPSA) is 13.0 Å². The van der Waals surface area contributed by atoms with Gasteiger partial charge in [-0.05, 0) is 289 Å². The summed E-state index contributed by atoms with van der Waals surface area (Å²) in [4.78, 5) is 14.6. The highest BCUT2D eigenvalue weighted by Crippen LogP contribution is 2.65. The van der Waals surface area contributed by atoms with Gasteiger partial charge >= 0.3 is 0 Å². The van der Waals surface area contributed by atoms with Gasteiger partial charge < -0.3 is 0 Å². The molecule has 0 amide bonds. The second kappa shape index (κ2) is 43.6. The number of rotatable bonds is 40. The molecule has 12 saturated carbocycles. The molecule has 0 N–H and O–H groups in total. The Morgan fingerprint density at radius 2 is 0.392 bits per heavy atom. The Morgan fingerprint density at radius 1 is 0.196 bits per heavy atom. The van der Waals surface area contributed by atoms with Crippen LogP contribution >= 0.6 is 0 Å². The maximum atomic E-state index is 3.66. The van der Waals surface area contributed by atoms with Crippen LogP contribution in [-0.4, -0.2) is 92.1 Å². The minimum atomic E-state index is 0.817. The number of nitrogens with zero attached hydrogens (tertiary/aromatic N) is 4. The van der Waals surface area contributed by atoms with Crippen LogP contribution in [0, 0.1) is 71.0 Å². The molecule has 12 fully saturated rings. The predicted molar refractivity (Wildman–Crippen MR) is 443 cm³/mol. The Bertz CT molecular complexity index is 2020. The molecule has 4 heteroatoms. The highest BCUT2D eigenvalue weighted by atomic mass is 15.3. The van der Waals surface area contributed by atoms with E-state index in [2.05, 4.69) is 61.1 Å². The molecule has 12 rings (SSSR count). The average molecular weight is 1410 g/mol. The SMILES string of the molecule is CCCCCCCCC1CCC(N(C2CCCCC2)C2CC(N(C3CCC(C)CC3)C3CCC(CCCCCCCC)CC3)C3CCC4C5C(CCC2C35)C(N(C2CCC(C)CC2)C2CCC(CCCCCCCC)CC2)CC4N(C2CCCCC2)C2CCC(CCCCCCCC)CC2)CC1. The third kappa shape index (κ3) is 22.2. The van der Waals surface area contributed by atoms with Crippen LogP contribution in [0.2, 0.25) is 0 Å². The fourth-order valence-electron chi connectivity index (χ4n) is 28.7. The Balaban J connectivity index is 0.920.